The van der Waals surface area contributed by atoms with Crippen molar-refractivity contribution < 1.29 is 32.7 Å². The molecule has 0 aliphatic heterocycles. The normalized spacial score (nSPS) is 10.3. The van der Waals surface area contributed by atoms with Gasteiger partial charge in [0.05, 0.1) is 0 Å². The number of rotatable bonds is 2. The van der Waals surface area contributed by atoms with Crippen LogP contribution in [0, 0.1) is 19.8 Å². The second kappa shape index (κ2) is 16.0. The van der Waals surface area contributed by atoms with Crippen LogP contribution in [0.3, 0.4) is 0 Å². The smallest absolute Gasteiger partial charge is 0 e. The van der Waals surface area contributed by atoms with Gasteiger partial charge in [0.25, 0.3) is 0 Å². The van der Waals surface area contributed by atoms with Crippen molar-refractivity contribution in [3.05, 3.63) is 13.8 Å². The Morgan fingerprint density at radius 3 is 1.67 bits per heavy atom. The molecule has 0 saturated heterocycles. The Morgan fingerprint density at radius 1 is 1.33 bits per heavy atom. The fraction of sp³-hybridized carbons (Fsp3) is 0.750. The van der Waals surface area contributed by atoms with E-state index in [9.17, 15) is 0 Å². The molecule has 1 atom stereocenters. The molecular weight excluding hydrogens is 185 g/mol. The SMILES string of the molecule is [CH2-]C.[CH2-]CC(C)CC.[Y]. The minimum absolute atomic E-state index is 0. The Bertz CT molecular complexity index is 23.7. The molecule has 0 N–H and O–H groups in total. The van der Waals surface area contributed by atoms with E-state index in [4.69, 9.17) is 0 Å². The van der Waals surface area contributed by atoms with Crippen LogP contribution in [0.15, 0.2) is 0 Å². The van der Waals surface area contributed by atoms with Gasteiger partial charge in [0.15, 0.2) is 0 Å². The maximum absolute atomic E-state index is 3.76. The topological polar surface area (TPSA) is 0 Å². The van der Waals surface area contributed by atoms with Gasteiger partial charge in [-0.15, -0.1) is 0 Å². The third-order valence-corrected chi connectivity index (χ3v) is 1.19. The predicted molar refractivity (Wildman–Crippen MR) is 40.5 cm³/mol. The van der Waals surface area contributed by atoms with E-state index in [-0.39, 0.29) is 32.7 Å². The summed E-state index contributed by atoms with van der Waals surface area (Å²) in [4.78, 5) is 0. The average Bonchev–Trinajstić information content (AvgIpc) is 1.91. The van der Waals surface area contributed by atoms with Crippen LogP contribution in [-0.2, 0) is 32.7 Å². The molecule has 0 nitrogen and oxygen atoms in total. The van der Waals surface area contributed by atoms with Gasteiger partial charge in [-0.25, -0.2) is 0 Å². The molecule has 0 aliphatic rings. The molecule has 0 bridgehead atoms. The molecule has 0 spiro atoms. The number of hydrogen-bond acceptors (Lipinski definition) is 0. The van der Waals surface area contributed by atoms with E-state index in [0.29, 0.717) is 0 Å². The standard InChI is InChI=1S/C6H13.C2H5.Y/c1-4-6(3)5-2;1-2;/h6H,1,4-5H2,2-3H3;1H2,2H3;/q2*-1;. The zero-order valence-corrected chi connectivity index (χ0v) is 9.82. The summed E-state index contributed by atoms with van der Waals surface area (Å²) in [5, 5.41) is 0. The Morgan fingerprint density at radius 2 is 1.67 bits per heavy atom. The fourth-order valence-electron chi connectivity index (χ4n) is 0.204. The van der Waals surface area contributed by atoms with Crippen LogP contribution in [0.2, 0.25) is 0 Å². The molecule has 0 aromatic carbocycles. The van der Waals surface area contributed by atoms with Crippen molar-refractivity contribution in [2.45, 2.75) is 33.6 Å². The second-order valence-electron chi connectivity index (χ2n) is 1.80. The van der Waals surface area contributed by atoms with Crippen LogP contribution in [0.1, 0.15) is 33.6 Å². The summed E-state index contributed by atoms with van der Waals surface area (Å²) in [6, 6.07) is 0. The molecule has 0 aromatic heterocycles. The molecule has 55 valence electrons. The monoisotopic (exact) mass is 203 g/mol. The van der Waals surface area contributed by atoms with Crippen LogP contribution < -0.4 is 0 Å². The molecule has 0 aliphatic carbocycles. The minimum atomic E-state index is 0. The summed E-state index contributed by atoms with van der Waals surface area (Å²) in [6.45, 7) is 13.2. The first-order valence-corrected chi connectivity index (χ1v) is 3.31. The zero-order valence-electron chi connectivity index (χ0n) is 6.98. The molecular formula is C8H18Y-2. The maximum Gasteiger partial charge on any atom is 0 e. The van der Waals surface area contributed by atoms with Gasteiger partial charge in [0.2, 0.25) is 0 Å². The van der Waals surface area contributed by atoms with E-state index in [1.54, 1.807) is 6.92 Å². The van der Waals surface area contributed by atoms with Crippen LogP contribution in [0.25, 0.3) is 0 Å². The predicted octanol–water partition coefficient (Wildman–Crippen LogP) is 3.09. The van der Waals surface area contributed by atoms with E-state index in [1.165, 1.54) is 6.42 Å². The summed E-state index contributed by atoms with van der Waals surface area (Å²) in [5.41, 5.74) is 0. The summed E-state index contributed by atoms with van der Waals surface area (Å²) in [7, 11) is 0. The van der Waals surface area contributed by atoms with E-state index in [1.807, 2.05) is 0 Å². The van der Waals surface area contributed by atoms with Gasteiger partial charge in [0.1, 0.15) is 0 Å². The summed E-state index contributed by atoms with van der Waals surface area (Å²) >= 11 is 0. The molecule has 9 heavy (non-hydrogen) atoms. The zero-order chi connectivity index (χ0) is 6.99. The molecule has 1 radical (unpaired) electrons. The minimum Gasteiger partial charge on any atom is -0.346 e. The van der Waals surface area contributed by atoms with Gasteiger partial charge in [-0.1, -0.05) is 26.2 Å². The van der Waals surface area contributed by atoms with Crippen molar-refractivity contribution >= 4 is 0 Å². The van der Waals surface area contributed by atoms with Gasteiger partial charge in [-0.05, 0) is 0 Å². The van der Waals surface area contributed by atoms with Gasteiger partial charge in [-0.3, -0.25) is 0 Å². The number of hydrogen-bond donors (Lipinski definition) is 0. The van der Waals surface area contributed by atoms with Crippen molar-refractivity contribution in [2.75, 3.05) is 0 Å². The van der Waals surface area contributed by atoms with Crippen molar-refractivity contribution in [1.29, 1.82) is 0 Å². The van der Waals surface area contributed by atoms with Crippen LogP contribution >= 0.6 is 0 Å². The summed E-state index contributed by atoms with van der Waals surface area (Å²) in [6.07, 6.45) is 2.35. The van der Waals surface area contributed by atoms with Crippen LogP contribution in [0.4, 0.5) is 0 Å². The van der Waals surface area contributed by atoms with E-state index < -0.39 is 0 Å². The molecule has 1 unspecified atom stereocenters. The molecule has 1 heteroatoms. The summed E-state index contributed by atoms with van der Waals surface area (Å²) < 4.78 is 0. The fourth-order valence-corrected chi connectivity index (χ4v) is 0.204. The third kappa shape index (κ3) is 17.6. The molecule has 0 heterocycles. The van der Waals surface area contributed by atoms with Gasteiger partial charge >= 0.3 is 0 Å². The Hall–Kier alpha value is 1.10. The summed E-state index contributed by atoms with van der Waals surface area (Å²) in [5.74, 6) is 0.824. The first-order valence-electron chi connectivity index (χ1n) is 3.31. The molecule has 0 fully saturated rings. The Labute approximate surface area is 85.7 Å². The quantitative estimate of drug-likeness (QED) is 0.605. The average molecular weight is 203 g/mol. The first kappa shape index (κ1) is 16.6. The van der Waals surface area contributed by atoms with Crippen molar-refractivity contribution in [3.8, 4) is 0 Å². The first-order chi connectivity index (χ1) is 3.81. The largest absolute Gasteiger partial charge is 0.346 e. The molecule has 0 aromatic rings. The Kier molecular flexibility index (Phi) is 29.6. The van der Waals surface area contributed by atoms with Gasteiger partial charge < -0.3 is 13.8 Å². The second-order valence-corrected chi connectivity index (χ2v) is 1.80. The van der Waals surface area contributed by atoms with E-state index in [2.05, 4.69) is 27.7 Å². The molecule has 0 amide bonds. The maximum atomic E-state index is 3.76. The van der Waals surface area contributed by atoms with Crippen molar-refractivity contribution in [1.82, 2.24) is 0 Å². The van der Waals surface area contributed by atoms with E-state index >= 15 is 0 Å². The Balaban J connectivity index is -0.000000109. The van der Waals surface area contributed by atoms with Gasteiger partial charge in [0, 0.05) is 32.7 Å². The van der Waals surface area contributed by atoms with Crippen molar-refractivity contribution in [3.63, 3.8) is 0 Å². The third-order valence-electron chi connectivity index (χ3n) is 1.19. The molecule has 0 rings (SSSR count). The van der Waals surface area contributed by atoms with Crippen molar-refractivity contribution in [2.24, 2.45) is 5.92 Å². The van der Waals surface area contributed by atoms with Gasteiger partial charge in [-0.2, -0.15) is 13.3 Å². The van der Waals surface area contributed by atoms with E-state index in [0.717, 1.165) is 12.3 Å². The van der Waals surface area contributed by atoms with Crippen LogP contribution in [-0.4, -0.2) is 0 Å². The molecule has 0 saturated carbocycles. The van der Waals surface area contributed by atoms with Crippen LogP contribution in [0.5, 0.6) is 0 Å².